The van der Waals surface area contributed by atoms with Crippen LogP contribution in [-0.4, -0.2) is 19.8 Å². The van der Waals surface area contributed by atoms with Gasteiger partial charge in [0.25, 0.3) is 0 Å². The number of rotatable bonds is 5. The van der Waals surface area contributed by atoms with Gasteiger partial charge in [-0.2, -0.15) is 0 Å². The summed E-state index contributed by atoms with van der Waals surface area (Å²) < 4.78 is 11.1. The van der Waals surface area contributed by atoms with E-state index in [-0.39, 0.29) is 11.6 Å². The van der Waals surface area contributed by atoms with Crippen molar-refractivity contribution < 1.29 is 9.47 Å². The lowest BCUT2D eigenvalue weighted by Crippen LogP contribution is -2.46. The summed E-state index contributed by atoms with van der Waals surface area (Å²) in [6.07, 6.45) is 4.33. The van der Waals surface area contributed by atoms with E-state index in [1.165, 1.54) is 0 Å². The predicted octanol–water partition coefficient (Wildman–Crippen LogP) is 2.81. The second kappa shape index (κ2) is 6.09. The minimum atomic E-state index is -0.242. The van der Waals surface area contributed by atoms with E-state index < -0.39 is 0 Å². The van der Waals surface area contributed by atoms with Crippen LogP contribution in [0.2, 0.25) is 5.02 Å². The predicted molar refractivity (Wildman–Crippen MR) is 76.3 cm³/mol. The van der Waals surface area contributed by atoms with E-state index in [2.05, 4.69) is 5.43 Å². The molecule has 1 aliphatic rings. The molecule has 1 saturated carbocycles. The average molecular weight is 285 g/mol. The fourth-order valence-corrected chi connectivity index (χ4v) is 3.19. The highest BCUT2D eigenvalue weighted by atomic mass is 35.5. The number of hydrogen-bond donors (Lipinski definition) is 2. The lowest BCUT2D eigenvalue weighted by Gasteiger charge is -2.36. The molecule has 0 amide bonds. The molecule has 2 rings (SSSR count). The van der Waals surface area contributed by atoms with Crippen molar-refractivity contribution in [3.63, 3.8) is 0 Å². The number of nitrogens with two attached hydrogens (primary N) is 1. The Bertz CT molecular complexity index is 433. The molecule has 0 aromatic heterocycles. The van der Waals surface area contributed by atoms with Crippen molar-refractivity contribution in [2.45, 2.75) is 37.3 Å². The minimum absolute atomic E-state index is 0.0637. The number of halogens is 1. The molecule has 0 aliphatic heterocycles. The van der Waals surface area contributed by atoms with Gasteiger partial charge in [-0.25, -0.2) is 0 Å². The normalized spacial score (nSPS) is 19.4. The Balaban J connectivity index is 2.36. The molecule has 0 spiro atoms. The van der Waals surface area contributed by atoms with Gasteiger partial charge in [0.1, 0.15) is 5.75 Å². The molecule has 1 aromatic rings. The smallest absolute Gasteiger partial charge is 0.137 e. The van der Waals surface area contributed by atoms with Crippen LogP contribution in [0.3, 0.4) is 0 Å². The van der Waals surface area contributed by atoms with E-state index >= 15 is 0 Å². The highest BCUT2D eigenvalue weighted by Crippen LogP contribution is 2.43. The Labute approximate surface area is 119 Å². The molecular weight excluding hydrogens is 264 g/mol. The van der Waals surface area contributed by atoms with Gasteiger partial charge in [-0.3, -0.25) is 11.3 Å². The first-order valence-electron chi connectivity index (χ1n) is 6.51. The van der Waals surface area contributed by atoms with Gasteiger partial charge in [0.05, 0.1) is 23.8 Å². The van der Waals surface area contributed by atoms with Crippen LogP contribution in [0.4, 0.5) is 0 Å². The van der Waals surface area contributed by atoms with E-state index in [9.17, 15) is 0 Å². The molecule has 1 aromatic carbocycles. The molecule has 5 heteroatoms. The zero-order valence-corrected chi connectivity index (χ0v) is 12.2. The molecule has 0 saturated heterocycles. The Kier molecular flexibility index (Phi) is 4.68. The van der Waals surface area contributed by atoms with Crippen LogP contribution in [0, 0.1) is 0 Å². The average Bonchev–Trinajstić information content (AvgIpc) is 2.91. The summed E-state index contributed by atoms with van der Waals surface area (Å²) in [4.78, 5) is 0. The van der Waals surface area contributed by atoms with E-state index in [0.717, 1.165) is 31.2 Å². The number of hydrogen-bond acceptors (Lipinski definition) is 4. The Morgan fingerprint density at radius 2 is 2.00 bits per heavy atom. The van der Waals surface area contributed by atoms with Gasteiger partial charge < -0.3 is 9.47 Å². The van der Waals surface area contributed by atoms with Crippen LogP contribution >= 0.6 is 11.6 Å². The molecular formula is C14H21ClN2O2. The zero-order valence-electron chi connectivity index (χ0n) is 11.4. The summed E-state index contributed by atoms with van der Waals surface area (Å²) in [5, 5.41) is 0.597. The zero-order chi connectivity index (χ0) is 13.9. The van der Waals surface area contributed by atoms with E-state index in [1.807, 2.05) is 18.2 Å². The van der Waals surface area contributed by atoms with Crippen LogP contribution in [0.25, 0.3) is 0 Å². The largest absolute Gasteiger partial charge is 0.495 e. The fraction of sp³-hybridized carbons (Fsp3) is 0.571. The maximum atomic E-state index is 6.06. The van der Waals surface area contributed by atoms with E-state index in [1.54, 1.807) is 14.2 Å². The van der Waals surface area contributed by atoms with Crippen molar-refractivity contribution >= 4 is 11.6 Å². The molecule has 0 bridgehead atoms. The van der Waals surface area contributed by atoms with Crippen LogP contribution in [0.5, 0.6) is 5.75 Å². The van der Waals surface area contributed by atoms with Crippen molar-refractivity contribution in [2.75, 3.05) is 14.2 Å². The van der Waals surface area contributed by atoms with Crippen molar-refractivity contribution in [2.24, 2.45) is 5.84 Å². The van der Waals surface area contributed by atoms with Crippen molar-refractivity contribution in [3.05, 3.63) is 28.8 Å². The van der Waals surface area contributed by atoms with Crippen molar-refractivity contribution in [3.8, 4) is 5.75 Å². The van der Waals surface area contributed by atoms with Gasteiger partial charge in [-0.05, 0) is 30.5 Å². The van der Waals surface area contributed by atoms with E-state index in [4.69, 9.17) is 26.9 Å². The van der Waals surface area contributed by atoms with Crippen LogP contribution in [-0.2, 0) is 4.74 Å². The summed E-state index contributed by atoms with van der Waals surface area (Å²) in [7, 11) is 3.36. The molecule has 3 N–H and O–H groups in total. The van der Waals surface area contributed by atoms with Crippen LogP contribution in [0.1, 0.15) is 37.3 Å². The Hall–Kier alpha value is -0.810. The summed E-state index contributed by atoms with van der Waals surface area (Å²) >= 11 is 6.06. The third-order valence-electron chi connectivity index (χ3n) is 4.06. The first-order valence-corrected chi connectivity index (χ1v) is 6.89. The molecule has 106 valence electrons. The number of nitrogens with one attached hydrogen (secondary N) is 1. The number of benzene rings is 1. The van der Waals surface area contributed by atoms with Gasteiger partial charge in [-0.1, -0.05) is 30.5 Å². The fourth-order valence-electron chi connectivity index (χ4n) is 2.99. The van der Waals surface area contributed by atoms with Crippen molar-refractivity contribution in [1.82, 2.24) is 5.43 Å². The molecule has 19 heavy (non-hydrogen) atoms. The molecule has 1 fully saturated rings. The van der Waals surface area contributed by atoms with Crippen LogP contribution in [0.15, 0.2) is 18.2 Å². The second-order valence-electron chi connectivity index (χ2n) is 4.97. The van der Waals surface area contributed by atoms with Gasteiger partial charge in [0, 0.05) is 7.11 Å². The second-order valence-corrected chi connectivity index (χ2v) is 5.38. The third-order valence-corrected chi connectivity index (χ3v) is 4.37. The first-order chi connectivity index (χ1) is 9.16. The lowest BCUT2D eigenvalue weighted by molar-refractivity contribution is -0.0369. The standard InChI is InChI=1S/C14H21ClN2O2/c1-18-12-9-10(5-6-11(12)15)13(17-16)14(19-2)7-3-4-8-14/h5-6,9,13,17H,3-4,7-8,16H2,1-2H3. The van der Waals surface area contributed by atoms with Gasteiger partial charge in [0.2, 0.25) is 0 Å². The molecule has 4 nitrogen and oxygen atoms in total. The third kappa shape index (κ3) is 2.72. The summed E-state index contributed by atoms with van der Waals surface area (Å²) in [6, 6.07) is 5.66. The topological polar surface area (TPSA) is 56.5 Å². The molecule has 1 unspecified atom stereocenters. The quantitative estimate of drug-likeness (QED) is 0.645. The first kappa shape index (κ1) is 14.6. The monoisotopic (exact) mass is 284 g/mol. The number of hydrazine groups is 1. The van der Waals surface area contributed by atoms with Gasteiger partial charge >= 0.3 is 0 Å². The number of ether oxygens (including phenoxy) is 2. The SMILES string of the molecule is COc1cc(C(NN)C2(OC)CCCC2)ccc1Cl. The molecule has 1 atom stereocenters. The van der Waals surface area contributed by atoms with Crippen molar-refractivity contribution in [1.29, 1.82) is 0 Å². The Morgan fingerprint density at radius 3 is 2.53 bits per heavy atom. The van der Waals surface area contributed by atoms with E-state index in [0.29, 0.717) is 10.8 Å². The minimum Gasteiger partial charge on any atom is -0.495 e. The molecule has 0 radical (unpaired) electrons. The van der Waals surface area contributed by atoms with Gasteiger partial charge in [-0.15, -0.1) is 0 Å². The highest BCUT2D eigenvalue weighted by molar-refractivity contribution is 6.32. The lowest BCUT2D eigenvalue weighted by atomic mass is 9.87. The van der Waals surface area contributed by atoms with Crippen LogP contribution < -0.4 is 16.0 Å². The maximum absolute atomic E-state index is 6.06. The number of methoxy groups -OCH3 is 2. The maximum Gasteiger partial charge on any atom is 0.137 e. The highest BCUT2D eigenvalue weighted by Gasteiger charge is 2.42. The van der Waals surface area contributed by atoms with Gasteiger partial charge in [0.15, 0.2) is 0 Å². The molecule has 0 heterocycles. The summed E-state index contributed by atoms with van der Waals surface area (Å²) in [5.41, 5.74) is 3.69. The summed E-state index contributed by atoms with van der Waals surface area (Å²) in [6.45, 7) is 0. The Morgan fingerprint density at radius 1 is 1.32 bits per heavy atom. The molecule has 1 aliphatic carbocycles. The summed E-state index contributed by atoms with van der Waals surface area (Å²) in [5.74, 6) is 6.43.